The van der Waals surface area contributed by atoms with E-state index < -0.39 is 5.97 Å². The number of rotatable bonds is 3. The van der Waals surface area contributed by atoms with E-state index in [0.29, 0.717) is 11.3 Å². The standard InChI is InChI=1S/C13H14O3S/c1-15-12-9-10(5-3-4-8-17)6-7-11(12)13(14)16-2/h6-7,9,17H,4,8H2,1-2H3. The molecule has 0 atom stereocenters. The van der Waals surface area contributed by atoms with Gasteiger partial charge in [-0.15, -0.1) is 0 Å². The summed E-state index contributed by atoms with van der Waals surface area (Å²) >= 11 is 4.07. The molecule has 0 bridgehead atoms. The van der Waals surface area contributed by atoms with Crippen LogP contribution in [0, 0.1) is 11.8 Å². The third-order valence-electron chi connectivity index (χ3n) is 2.08. The quantitative estimate of drug-likeness (QED) is 0.507. The highest BCUT2D eigenvalue weighted by Crippen LogP contribution is 2.20. The van der Waals surface area contributed by atoms with Crippen molar-refractivity contribution in [2.75, 3.05) is 20.0 Å². The van der Waals surface area contributed by atoms with E-state index in [4.69, 9.17) is 4.74 Å². The molecule has 0 aromatic heterocycles. The highest BCUT2D eigenvalue weighted by atomic mass is 32.1. The Morgan fingerprint density at radius 3 is 2.76 bits per heavy atom. The normalized spacial score (nSPS) is 9.12. The topological polar surface area (TPSA) is 35.5 Å². The maximum Gasteiger partial charge on any atom is 0.341 e. The number of ether oxygens (including phenoxy) is 2. The molecule has 0 saturated heterocycles. The number of hydrogen-bond acceptors (Lipinski definition) is 4. The molecule has 0 heterocycles. The summed E-state index contributed by atoms with van der Waals surface area (Å²) in [6, 6.07) is 5.13. The molecule has 3 nitrogen and oxygen atoms in total. The largest absolute Gasteiger partial charge is 0.496 e. The van der Waals surface area contributed by atoms with Gasteiger partial charge in [0.1, 0.15) is 11.3 Å². The van der Waals surface area contributed by atoms with E-state index in [1.54, 1.807) is 18.2 Å². The van der Waals surface area contributed by atoms with Crippen molar-refractivity contribution in [3.05, 3.63) is 29.3 Å². The molecule has 1 aromatic rings. The van der Waals surface area contributed by atoms with Crippen molar-refractivity contribution in [2.24, 2.45) is 0 Å². The first-order chi connectivity index (χ1) is 8.22. The molecule has 0 N–H and O–H groups in total. The summed E-state index contributed by atoms with van der Waals surface area (Å²) in [5.41, 5.74) is 1.20. The van der Waals surface area contributed by atoms with Crippen LogP contribution in [-0.2, 0) is 4.74 Å². The van der Waals surface area contributed by atoms with Crippen LogP contribution in [0.15, 0.2) is 18.2 Å². The predicted molar refractivity (Wildman–Crippen MR) is 69.7 cm³/mol. The lowest BCUT2D eigenvalue weighted by Gasteiger charge is -2.06. The van der Waals surface area contributed by atoms with Gasteiger partial charge in [-0.25, -0.2) is 4.79 Å². The molecule has 1 aromatic carbocycles. The van der Waals surface area contributed by atoms with Gasteiger partial charge in [-0.2, -0.15) is 12.6 Å². The summed E-state index contributed by atoms with van der Waals surface area (Å²) < 4.78 is 9.78. The first-order valence-electron chi connectivity index (χ1n) is 5.09. The molecule has 0 aliphatic rings. The van der Waals surface area contributed by atoms with Gasteiger partial charge in [0, 0.05) is 17.7 Å². The number of benzene rings is 1. The van der Waals surface area contributed by atoms with Crippen LogP contribution in [0.5, 0.6) is 5.75 Å². The summed E-state index contributed by atoms with van der Waals surface area (Å²) in [7, 11) is 2.84. The molecular formula is C13H14O3S. The zero-order valence-electron chi connectivity index (χ0n) is 9.82. The lowest BCUT2D eigenvalue weighted by Crippen LogP contribution is -2.04. The van der Waals surface area contributed by atoms with E-state index in [9.17, 15) is 4.79 Å². The van der Waals surface area contributed by atoms with Crippen molar-refractivity contribution in [1.82, 2.24) is 0 Å². The van der Waals surface area contributed by atoms with Crippen molar-refractivity contribution in [2.45, 2.75) is 6.42 Å². The first kappa shape index (κ1) is 13.5. The maximum atomic E-state index is 11.4. The van der Waals surface area contributed by atoms with Crippen molar-refractivity contribution in [3.63, 3.8) is 0 Å². The third kappa shape index (κ3) is 3.72. The van der Waals surface area contributed by atoms with Crippen LogP contribution in [0.4, 0.5) is 0 Å². The highest BCUT2D eigenvalue weighted by Gasteiger charge is 2.12. The molecule has 0 saturated carbocycles. The second kappa shape index (κ2) is 6.87. The van der Waals surface area contributed by atoms with Gasteiger partial charge in [0.15, 0.2) is 0 Å². The molecule has 4 heteroatoms. The van der Waals surface area contributed by atoms with Crippen molar-refractivity contribution >= 4 is 18.6 Å². The van der Waals surface area contributed by atoms with E-state index in [2.05, 4.69) is 29.2 Å². The van der Waals surface area contributed by atoms with Gasteiger partial charge in [-0.3, -0.25) is 0 Å². The average molecular weight is 250 g/mol. The van der Waals surface area contributed by atoms with E-state index >= 15 is 0 Å². The fourth-order valence-electron chi connectivity index (χ4n) is 1.27. The van der Waals surface area contributed by atoms with Crippen LogP contribution >= 0.6 is 12.6 Å². The Kier molecular flexibility index (Phi) is 5.44. The molecule has 0 spiro atoms. The number of methoxy groups -OCH3 is 2. The number of carbonyl (C=O) groups is 1. The fraction of sp³-hybridized carbons (Fsp3) is 0.308. The van der Waals surface area contributed by atoms with Crippen molar-refractivity contribution in [3.8, 4) is 17.6 Å². The lowest BCUT2D eigenvalue weighted by atomic mass is 10.1. The van der Waals surface area contributed by atoms with Gasteiger partial charge in [0.2, 0.25) is 0 Å². The fourth-order valence-corrected chi connectivity index (χ4v) is 1.38. The van der Waals surface area contributed by atoms with Crippen LogP contribution in [-0.4, -0.2) is 25.9 Å². The van der Waals surface area contributed by atoms with E-state index in [1.165, 1.54) is 14.2 Å². The minimum absolute atomic E-state index is 0.398. The number of thiol groups is 1. The predicted octanol–water partition coefficient (Wildman–Crippen LogP) is 2.15. The van der Waals surface area contributed by atoms with Crippen molar-refractivity contribution in [1.29, 1.82) is 0 Å². The maximum absolute atomic E-state index is 11.4. The molecule has 0 unspecified atom stereocenters. The second-order valence-corrected chi connectivity index (χ2v) is 3.63. The first-order valence-corrected chi connectivity index (χ1v) is 5.72. The van der Waals surface area contributed by atoms with Gasteiger partial charge in [0.05, 0.1) is 14.2 Å². The smallest absolute Gasteiger partial charge is 0.341 e. The summed E-state index contributed by atoms with van der Waals surface area (Å²) in [6.07, 6.45) is 0.726. The van der Waals surface area contributed by atoms with Crippen LogP contribution in [0.2, 0.25) is 0 Å². The average Bonchev–Trinajstić information content (AvgIpc) is 2.38. The molecule has 0 radical (unpaired) electrons. The van der Waals surface area contributed by atoms with Crippen LogP contribution < -0.4 is 4.74 Å². The summed E-state index contributed by atoms with van der Waals surface area (Å²) in [5.74, 6) is 6.71. The molecule has 90 valence electrons. The van der Waals surface area contributed by atoms with Crippen LogP contribution in [0.25, 0.3) is 0 Å². The van der Waals surface area contributed by atoms with Crippen molar-refractivity contribution < 1.29 is 14.3 Å². The van der Waals surface area contributed by atoms with Gasteiger partial charge in [-0.1, -0.05) is 11.8 Å². The molecule has 0 aliphatic heterocycles. The van der Waals surface area contributed by atoms with E-state index in [1.807, 2.05) is 0 Å². The summed E-state index contributed by atoms with van der Waals surface area (Å²) in [6.45, 7) is 0. The van der Waals surface area contributed by atoms with Gasteiger partial charge >= 0.3 is 5.97 Å². The zero-order chi connectivity index (χ0) is 12.7. The molecular weight excluding hydrogens is 236 g/mol. The Morgan fingerprint density at radius 2 is 2.18 bits per heavy atom. The Labute approximate surface area is 107 Å². The minimum Gasteiger partial charge on any atom is -0.496 e. The number of hydrogen-bond donors (Lipinski definition) is 1. The van der Waals surface area contributed by atoms with Crippen LogP contribution in [0.1, 0.15) is 22.3 Å². The summed E-state index contributed by atoms with van der Waals surface area (Å²) in [4.78, 5) is 11.4. The highest BCUT2D eigenvalue weighted by molar-refractivity contribution is 7.80. The van der Waals surface area contributed by atoms with E-state index in [0.717, 1.165) is 17.7 Å². The SMILES string of the molecule is COC(=O)c1ccc(C#CCCS)cc1OC. The molecule has 0 aliphatic carbocycles. The molecule has 0 fully saturated rings. The molecule has 17 heavy (non-hydrogen) atoms. The van der Waals surface area contributed by atoms with Crippen LogP contribution in [0.3, 0.4) is 0 Å². The van der Waals surface area contributed by atoms with Gasteiger partial charge in [-0.05, 0) is 18.2 Å². The monoisotopic (exact) mass is 250 g/mol. The lowest BCUT2D eigenvalue weighted by molar-refractivity contribution is 0.0597. The Morgan fingerprint density at radius 1 is 1.41 bits per heavy atom. The molecule has 0 amide bonds. The Bertz CT molecular complexity index is 457. The summed E-state index contributed by atoms with van der Waals surface area (Å²) in [5, 5.41) is 0. The zero-order valence-corrected chi connectivity index (χ0v) is 10.7. The van der Waals surface area contributed by atoms with Gasteiger partial charge < -0.3 is 9.47 Å². The number of carbonyl (C=O) groups excluding carboxylic acids is 1. The number of esters is 1. The van der Waals surface area contributed by atoms with Gasteiger partial charge in [0.25, 0.3) is 0 Å². The second-order valence-electron chi connectivity index (χ2n) is 3.18. The Hall–Kier alpha value is -1.60. The van der Waals surface area contributed by atoms with E-state index in [-0.39, 0.29) is 0 Å². The molecule has 1 rings (SSSR count). The third-order valence-corrected chi connectivity index (χ3v) is 2.30. The Balaban J connectivity index is 3.01. The minimum atomic E-state index is -0.420.